The minimum Gasteiger partial charge on any atom is -0.351 e. The summed E-state index contributed by atoms with van der Waals surface area (Å²) in [4.78, 5) is 14.1. The molecule has 0 fully saturated rings. The molecule has 1 aromatic carbocycles. The first-order valence-electron chi connectivity index (χ1n) is 6.96. The van der Waals surface area contributed by atoms with Gasteiger partial charge in [-0.15, -0.1) is 0 Å². The van der Waals surface area contributed by atoms with E-state index in [1.54, 1.807) is 17.4 Å². The maximum Gasteiger partial charge on any atom is 0.244 e. The number of rotatable bonds is 6. The van der Waals surface area contributed by atoms with Gasteiger partial charge in [-0.1, -0.05) is 28.1 Å². The van der Waals surface area contributed by atoms with Gasteiger partial charge in [0, 0.05) is 17.1 Å². The van der Waals surface area contributed by atoms with E-state index in [9.17, 15) is 4.79 Å². The summed E-state index contributed by atoms with van der Waals surface area (Å²) in [6, 6.07) is 10.1. The summed E-state index contributed by atoms with van der Waals surface area (Å²) in [6.07, 6.45) is 3.39. The van der Waals surface area contributed by atoms with Crippen molar-refractivity contribution in [3.05, 3.63) is 62.8 Å². The van der Waals surface area contributed by atoms with E-state index in [1.807, 2.05) is 44.4 Å². The highest BCUT2D eigenvalue weighted by Gasteiger charge is 2.14. The van der Waals surface area contributed by atoms with E-state index >= 15 is 0 Å². The highest BCUT2D eigenvalue weighted by atomic mass is 79.9. The molecule has 0 saturated heterocycles. The third-order valence-corrected chi connectivity index (χ3v) is 4.49. The van der Waals surface area contributed by atoms with Gasteiger partial charge in [-0.3, -0.25) is 4.79 Å². The Labute approximate surface area is 143 Å². The summed E-state index contributed by atoms with van der Waals surface area (Å²) in [6.45, 7) is 0.589. The van der Waals surface area contributed by atoms with E-state index in [0.717, 1.165) is 10.0 Å². The van der Waals surface area contributed by atoms with E-state index in [2.05, 4.69) is 43.0 Å². The number of hydrogen-bond donors (Lipinski definition) is 1. The van der Waals surface area contributed by atoms with Crippen molar-refractivity contribution < 1.29 is 4.79 Å². The molecule has 0 radical (unpaired) electrons. The maximum atomic E-state index is 12.0. The minimum atomic E-state index is -0.0814. The van der Waals surface area contributed by atoms with Crippen molar-refractivity contribution in [2.24, 2.45) is 0 Å². The van der Waals surface area contributed by atoms with Crippen LogP contribution in [0.25, 0.3) is 6.08 Å². The molecule has 0 bridgehead atoms. The Morgan fingerprint density at radius 1 is 1.41 bits per heavy atom. The van der Waals surface area contributed by atoms with Crippen molar-refractivity contribution >= 4 is 39.2 Å². The average Bonchev–Trinajstić information content (AvgIpc) is 2.99. The van der Waals surface area contributed by atoms with Crippen LogP contribution < -0.4 is 5.32 Å². The van der Waals surface area contributed by atoms with Gasteiger partial charge in [0.1, 0.15) is 0 Å². The van der Waals surface area contributed by atoms with Crippen LogP contribution in [0.5, 0.6) is 0 Å². The largest absolute Gasteiger partial charge is 0.351 e. The standard InChI is InChI=1S/C17H19BrN2OS/c1-20(2)16(14-8-9-22-12-14)11-19-17(21)7-6-13-4-3-5-15(18)10-13/h3-10,12,16H,11H2,1-2H3,(H,19,21)/b7-6+/t16-/m0/s1. The lowest BCUT2D eigenvalue weighted by Crippen LogP contribution is -2.33. The predicted octanol–water partition coefficient (Wildman–Crippen LogP) is 3.94. The summed E-state index contributed by atoms with van der Waals surface area (Å²) in [7, 11) is 4.04. The van der Waals surface area contributed by atoms with Crippen LogP contribution in [0.1, 0.15) is 17.2 Å². The fourth-order valence-electron chi connectivity index (χ4n) is 2.10. The number of carbonyl (C=O) groups excluding carboxylic acids is 1. The first-order valence-corrected chi connectivity index (χ1v) is 8.70. The van der Waals surface area contributed by atoms with Gasteiger partial charge in [-0.05, 0) is 60.3 Å². The maximum absolute atomic E-state index is 12.0. The number of nitrogens with one attached hydrogen (secondary N) is 1. The fraction of sp³-hybridized carbons (Fsp3) is 0.235. The molecule has 1 heterocycles. The molecule has 0 aliphatic rings. The summed E-state index contributed by atoms with van der Waals surface area (Å²) in [5.74, 6) is -0.0814. The quantitative estimate of drug-likeness (QED) is 0.771. The zero-order valence-corrected chi connectivity index (χ0v) is 15.0. The smallest absolute Gasteiger partial charge is 0.244 e. The number of carbonyl (C=O) groups is 1. The van der Waals surface area contributed by atoms with Crippen molar-refractivity contribution in [2.45, 2.75) is 6.04 Å². The molecular weight excluding hydrogens is 360 g/mol. The SMILES string of the molecule is CN(C)[C@@H](CNC(=O)/C=C/c1cccc(Br)c1)c1ccsc1. The second-order valence-corrected chi connectivity index (χ2v) is 6.87. The molecule has 5 heteroatoms. The molecule has 1 atom stereocenters. The van der Waals surface area contributed by atoms with Gasteiger partial charge in [0.15, 0.2) is 0 Å². The molecule has 3 nitrogen and oxygen atoms in total. The van der Waals surface area contributed by atoms with Gasteiger partial charge < -0.3 is 10.2 Å². The molecule has 2 aromatic rings. The Hall–Kier alpha value is -1.43. The molecule has 0 spiro atoms. The second-order valence-electron chi connectivity index (χ2n) is 5.17. The summed E-state index contributed by atoms with van der Waals surface area (Å²) in [5, 5.41) is 7.14. The molecule has 0 unspecified atom stereocenters. The molecule has 2 rings (SSSR count). The van der Waals surface area contributed by atoms with Crippen molar-refractivity contribution in [1.82, 2.24) is 10.2 Å². The van der Waals surface area contributed by atoms with Crippen LogP contribution in [-0.2, 0) is 4.79 Å². The van der Waals surface area contributed by atoms with Crippen molar-refractivity contribution in [3.63, 3.8) is 0 Å². The zero-order chi connectivity index (χ0) is 15.9. The lowest BCUT2D eigenvalue weighted by Gasteiger charge is -2.23. The van der Waals surface area contributed by atoms with E-state index in [4.69, 9.17) is 0 Å². The number of nitrogens with zero attached hydrogens (tertiary/aromatic N) is 1. The lowest BCUT2D eigenvalue weighted by atomic mass is 10.1. The Bertz CT molecular complexity index is 638. The van der Waals surface area contributed by atoms with Crippen molar-refractivity contribution in [2.75, 3.05) is 20.6 Å². The number of hydrogen-bond acceptors (Lipinski definition) is 3. The van der Waals surface area contributed by atoms with Gasteiger partial charge in [-0.2, -0.15) is 11.3 Å². The predicted molar refractivity (Wildman–Crippen MR) is 96.9 cm³/mol. The van der Waals surface area contributed by atoms with Gasteiger partial charge >= 0.3 is 0 Å². The van der Waals surface area contributed by atoms with Gasteiger partial charge in [-0.25, -0.2) is 0 Å². The summed E-state index contributed by atoms with van der Waals surface area (Å²) in [5.41, 5.74) is 2.22. The van der Waals surface area contributed by atoms with E-state index in [-0.39, 0.29) is 11.9 Å². The molecule has 22 heavy (non-hydrogen) atoms. The van der Waals surface area contributed by atoms with Crippen LogP contribution >= 0.6 is 27.3 Å². The third kappa shape index (κ3) is 5.09. The van der Waals surface area contributed by atoms with Crippen molar-refractivity contribution in [1.29, 1.82) is 0 Å². The molecule has 116 valence electrons. The van der Waals surface area contributed by atoms with Crippen LogP contribution in [0, 0.1) is 0 Å². The fourth-order valence-corrected chi connectivity index (χ4v) is 3.23. The van der Waals surface area contributed by atoms with Crippen molar-refractivity contribution in [3.8, 4) is 0 Å². The molecule has 0 saturated carbocycles. The minimum absolute atomic E-state index is 0.0814. The van der Waals surface area contributed by atoms with Gasteiger partial charge in [0.25, 0.3) is 0 Å². The monoisotopic (exact) mass is 378 g/mol. The molecule has 1 aromatic heterocycles. The second kappa shape index (κ2) is 8.27. The van der Waals surface area contributed by atoms with Crippen LogP contribution in [0.2, 0.25) is 0 Å². The van der Waals surface area contributed by atoms with Gasteiger partial charge in [0.05, 0.1) is 6.04 Å². The Morgan fingerprint density at radius 2 is 2.23 bits per heavy atom. The van der Waals surface area contributed by atoms with Crippen LogP contribution in [0.4, 0.5) is 0 Å². The topological polar surface area (TPSA) is 32.3 Å². The molecule has 0 aliphatic heterocycles. The first-order chi connectivity index (χ1) is 10.6. The van der Waals surface area contributed by atoms with E-state index in [1.165, 1.54) is 5.56 Å². The molecule has 0 aliphatic carbocycles. The Morgan fingerprint density at radius 3 is 2.86 bits per heavy atom. The van der Waals surface area contributed by atoms with Gasteiger partial charge in [0.2, 0.25) is 5.91 Å². The normalized spacial score (nSPS) is 12.7. The number of benzene rings is 1. The summed E-state index contributed by atoms with van der Waals surface area (Å²) < 4.78 is 1.00. The van der Waals surface area contributed by atoms with E-state index in [0.29, 0.717) is 6.54 Å². The molecule has 1 N–H and O–H groups in total. The zero-order valence-electron chi connectivity index (χ0n) is 12.6. The highest BCUT2D eigenvalue weighted by molar-refractivity contribution is 9.10. The number of halogens is 1. The Balaban J connectivity index is 1.91. The van der Waals surface area contributed by atoms with Crippen LogP contribution in [0.3, 0.4) is 0 Å². The van der Waals surface area contributed by atoms with E-state index < -0.39 is 0 Å². The number of likely N-dealkylation sites (N-methyl/N-ethyl adjacent to an activating group) is 1. The summed E-state index contributed by atoms with van der Waals surface area (Å²) >= 11 is 5.09. The average molecular weight is 379 g/mol. The first kappa shape index (κ1) is 16.9. The Kier molecular flexibility index (Phi) is 6.36. The number of amides is 1. The van der Waals surface area contributed by atoms with Crippen LogP contribution in [-0.4, -0.2) is 31.4 Å². The van der Waals surface area contributed by atoms with Crippen LogP contribution in [0.15, 0.2) is 51.6 Å². The number of thiophene rings is 1. The highest BCUT2D eigenvalue weighted by Crippen LogP contribution is 2.20. The third-order valence-electron chi connectivity index (χ3n) is 3.30. The molecule has 1 amide bonds. The molecular formula is C17H19BrN2OS. The lowest BCUT2D eigenvalue weighted by molar-refractivity contribution is -0.116.